The Balaban J connectivity index is 1.73. The summed E-state index contributed by atoms with van der Waals surface area (Å²) in [5.41, 5.74) is 7.83. The summed E-state index contributed by atoms with van der Waals surface area (Å²) in [6.07, 6.45) is 3.57. The van der Waals surface area contributed by atoms with E-state index in [1.54, 1.807) is 10.9 Å². The quantitative estimate of drug-likeness (QED) is 0.714. The second-order valence-electron chi connectivity index (χ2n) is 5.69. The summed E-state index contributed by atoms with van der Waals surface area (Å²) in [7, 11) is 0. The van der Waals surface area contributed by atoms with Crippen molar-refractivity contribution in [3.05, 3.63) is 89.2 Å². The zero-order valence-electron chi connectivity index (χ0n) is 13.5. The van der Waals surface area contributed by atoms with Crippen LogP contribution in [0.4, 0.5) is 0 Å². The fraction of sp³-hybridized carbons (Fsp3) is 0.158. The first kappa shape index (κ1) is 17.2. The van der Waals surface area contributed by atoms with E-state index in [1.165, 1.54) is 0 Å². The Morgan fingerprint density at radius 2 is 1.80 bits per heavy atom. The number of aromatic nitrogens is 2. The maximum absolute atomic E-state index is 12.4. The Morgan fingerprint density at radius 1 is 1.08 bits per heavy atom. The summed E-state index contributed by atoms with van der Waals surface area (Å²) in [4.78, 5) is 12.4. The van der Waals surface area contributed by atoms with E-state index in [1.807, 2.05) is 66.9 Å². The predicted octanol–water partition coefficient (Wildman–Crippen LogP) is 2.94. The zero-order chi connectivity index (χ0) is 17.6. The molecule has 0 radical (unpaired) electrons. The van der Waals surface area contributed by atoms with Crippen molar-refractivity contribution in [1.82, 2.24) is 15.1 Å². The largest absolute Gasteiger partial charge is 0.352 e. The highest BCUT2D eigenvalue weighted by Crippen LogP contribution is 2.20. The molecule has 2 atom stereocenters. The minimum atomic E-state index is -0.704. The van der Waals surface area contributed by atoms with Crippen molar-refractivity contribution in [2.75, 3.05) is 6.54 Å². The van der Waals surface area contributed by atoms with Gasteiger partial charge in [0.25, 0.3) is 0 Å². The van der Waals surface area contributed by atoms with Crippen LogP contribution in [-0.4, -0.2) is 22.2 Å². The number of halogens is 1. The van der Waals surface area contributed by atoms with Crippen LogP contribution < -0.4 is 11.1 Å². The van der Waals surface area contributed by atoms with Crippen molar-refractivity contribution in [2.24, 2.45) is 5.73 Å². The molecular weight excluding hydrogens is 336 g/mol. The zero-order valence-corrected chi connectivity index (χ0v) is 14.3. The highest BCUT2D eigenvalue weighted by Gasteiger charge is 2.19. The highest BCUT2D eigenvalue weighted by atomic mass is 35.5. The van der Waals surface area contributed by atoms with E-state index < -0.39 is 6.04 Å². The van der Waals surface area contributed by atoms with Crippen molar-refractivity contribution < 1.29 is 4.79 Å². The maximum atomic E-state index is 12.4. The number of amides is 1. The predicted molar refractivity (Wildman–Crippen MR) is 98.2 cm³/mol. The molecule has 6 heteroatoms. The monoisotopic (exact) mass is 354 g/mol. The molecule has 0 spiro atoms. The van der Waals surface area contributed by atoms with E-state index in [0.717, 1.165) is 11.1 Å². The number of hydrogen-bond acceptors (Lipinski definition) is 3. The lowest BCUT2D eigenvalue weighted by atomic mass is 10.1. The first-order chi connectivity index (χ1) is 12.1. The first-order valence-electron chi connectivity index (χ1n) is 7.98. The summed E-state index contributed by atoms with van der Waals surface area (Å²) in [6.45, 7) is 0.378. The summed E-state index contributed by atoms with van der Waals surface area (Å²) in [5, 5.41) is 7.89. The first-order valence-corrected chi connectivity index (χ1v) is 8.36. The van der Waals surface area contributed by atoms with Gasteiger partial charge in [0.2, 0.25) is 5.91 Å². The molecule has 0 fully saturated rings. The lowest BCUT2D eigenvalue weighted by Crippen LogP contribution is -2.37. The summed E-state index contributed by atoms with van der Waals surface area (Å²) < 4.78 is 1.80. The third-order valence-corrected chi connectivity index (χ3v) is 4.26. The summed E-state index contributed by atoms with van der Waals surface area (Å²) in [6, 6.07) is 17.8. The standard InChI is InChI=1S/C19H19ClN4O/c20-16-9-7-14(8-10-16)17(24-12-4-11-23-24)13-22-19(25)18(21)15-5-2-1-3-6-15/h1-12,17-18H,13,21H2,(H,22,25). The van der Waals surface area contributed by atoms with E-state index >= 15 is 0 Å². The van der Waals surface area contributed by atoms with Crippen LogP contribution in [0.5, 0.6) is 0 Å². The molecule has 0 aliphatic carbocycles. The van der Waals surface area contributed by atoms with Crippen LogP contribution >= 0.6 is 11.6 Å². The topological polar surface area (TPSA) is 72.9 Å². The minimum Gasteiger partial charge on any atom is -0.352 e. The lowest BCUT2D eigenvalue weighted by molar-refractivity contribution is -0.122. The van der Waals surface area contributed by atoms with Crippen LogP contribution in [0.15, 0.2) is 73.1 Å². The molecule has 3 aromatic rings. The van der Waals surface area contributed by atoms with Crippen LogP contribution in [0, 0.1) is 0 Å². The van der Waals surface area contributed by atoms with Crippen molar-refractivity contribution >= 4 is 17.5 Å². The number of hydrogen-bond donors (Lipinski definition) is 2. The Kier molecular flexibility index (Phi) is 5.48. The van der Waals surface area contributed by atoms with Gasteiger partial charge >= 0.3 is 0 Å². The van der Waals surface area contributed by atoms with Gasteiger partial charge < -0.3 is 11.1 Å². The summed E-state index contributed by atoms with van der Waals surface area (Å²) >= 11 is 5.97. The van der Waals surface area contributed by atoms with E-state index in [4.69, 9.17) is 17.3 Å². The molecule has 2 aromatic carbocycles. The van der Waals surface area contributed by atoms with E-state index in [-0.39, 0.29) is 11.9 Å². The Hall–Kier alpha value is -2.63. The van der Waals surface area contributed by atoms with Crippen LogP contribution in [0.3, 0.4) is 0 Å². The molecule has 0 saturated carbocycles. The number of carbonyl (C=O) groups excluding carboxylic acids is 1. The number of nitrogens with one attached hydrogen (secondary N) is 1. The molecule has 1 amide bonds. The minimum absolute atomic E-state index is 0.140. The second kappa shape index (κ2) is 7.96. The van der Waals surface area contributed by atoms with Crippen molar-refractivity contribution in [2.45, 2.75) is 12.1 Å². The molecule has 3 N–H and O–H groups in total. The number of nitrogens with zero attached hydrogens (tertiary/aromatic N) is 2. The van der Waals surface area contributed by atoms with E-state index in [2.05, 4.69) is 10.4 Å². The molecule has 128 valence electrons. The van der Waals surface area contributed by atoms with Crippen LogP contribution in [0.25, 0.3) is 0 Å². The molecule has 1 aromatic heterocycles. The highest BCUT2D eigenvalue weighted by molar-refractivity contribution is 6.30. The third kappa shape index (κ3) is 4.26. The van der Waals surface area contributed by atoms with Gasteiger partial charge in [-0.2, -0.15) is 5.10 Å². The average molecular weight is 355 g/mol. The molecule has 2 unspecified atom stereocenters. The van der Waals surface area contributed by atoms with Crippen molar-refractivity contribution in [3.8, 4) is 0 Å². The fourth-order valence-electron chi connectivity index (χ4n) is 2.63. The molecule has 0 saturated heterocycles. The molecule has 25 heavy (non-hydrogen) atoms. The van der Waals surface area contributed by atoms with E-state index in [9.17, 15) is 4.79 Å². The smallest absolute Gasteiger partial charge is 0.241 e. The maximum Gasteiger partial charge on any atom is 0.241 e. The van der Waals surface area contributed by atoms with Crippen LogP contribution in [-0.2, 0) is 4.79 Å². The van der Waals surface area contributed by atoms with Crippen molar-refractivity contribution in [3.63, 3.8) is 0 Å². The number of benzene rings is 2. The number of nitrogens with two attached hydrogens (primary N) is 1. The van der Waals surface area contributed by atoms with Gasteiger partial charge in [-0.3, -0.25) is 9.48 Å². The lowest BCUT2D eigenvalue weighted by Gasteiger charge is -2.20. The van der Waals surface area contributed by atoms with Gasteiger partial charge in [-0.25, -0.2) is 0 Å². The number of carbonyl (C=O) groups is 1. The number of rotatable bonds is 6. The van der Waals surface area contributed by atoms with Gasteiger partial charge in [0.1, 0.15) is 6.04 Å². The Labute approximate surface area is 151 Å². The fourth-order valence-corrected chi connectivity index (χ4v) is 2.76. The van der Waals surface area contributed by atoms with Crippen LogP contribution in [0.1, 0.15) is 23.2 Å². The van der Waals surface area contributed by atoms with Gasteiger partial charge in [0.15, 0.2) is 0 Å². The average Bonchev–Trinajstić information content (AvgIpc) is 3.17. The molecule has 3 rings (SSSR count). The molecule has 0 aliphatic rings. The molecule has 0 bridgehead atoms. The van der Waals surface area contributed by atoms with Gasteiger partial charge in [0.05, 0.1) is 6.04 Å². The van der Waals surface area contributed by atoms with E-state index in [0.29, 0.717) is 11.6 Å². The molecular formula is C19H19ClN4O. The molecule has 1 heterocycles. The van der Waals surface area contributed by atoms with Gasteiger partial charge in [0, 0.05) is 24.0 Å². The summed E-state index contributed by atoms with van der Waals surface area (Å²) in [5.74, 6) is -0.225. The normalized spacial score (nSPS) is 13.2. The van der Waals surface area contributed by atoms with Crippen LogP contribution in [0.2, 0.25) is 5.02 Å². The second-order valence-corrected chi connectivity index (χ2v) is 6.12. The van der Waals surface area contributed by atoms with Crippen molar-refractivity contribution in [1.29, 1.82) is 0 Å². The third-order valence-electron chi connectivity index (χ3n) is 4.01. The molecule has 5 nitrogen and oxygen atoms in total. The van der Waals surface area contributed by atoms with Gasteiger partial charge in [-0.05, 0) is 29.3 Å². The van der Waals surface area contributed by atoms with Gasteiger partial charge in [-0.15, -0.1) is 0 Å². The Bertz CT molecular complexity index is 803. The van der Waals surface area contributed by atoms with Gasteiger partial charge in [-0.1, -0.05) is 54.1 Å². The molecule has 0 aliphatic heterocycles. The SMILES string of the molecule is NC(C(=O)NCC(c1ccc(Cl)cc1)n1cccn1)c1ccccc1. The Morgan fingerprint density at radius 3 is 2.44 bits per heavy atom.